The first-order valence-electron chi connectivity index (χ1n) is 6.75. The van der Waals surface area contributed by atoms with E-state index in [1.165, 1.54) is 0 Å². The van der Waals surface area contributed by atoms with E-state index >= 15 is 0 Å². The van der Waals surface area contributed by atoms with Gasteiger partial charge in [-0.2, -0.15) is 0 Å². The van der Waals surface area contributed by atoms with Gasteiger partial charge in [-0.1, -0.05) is 0 Å². The van der Waals surface area contributed by atoms with E-state index in [1.807, 2.05) is 18.2 Å². The summed E-state index contributed by atoms with van der Waals surface area (Å²) in [5.74, 6) is 0.186. The van der Waals surface area contributed by atoms with Crippen molar-refractivity contribution in [1.82, 2.24) is 4.98 Å². The molecule has 5 nitrogen and oxygen atoms in total. The second kappa shape index (κ2) is 5.09. The van der Waals surface area contributed by atoms with Gasteiger partial charge in [-0.25, -0.2) is 4.79 Å². The Morgan fingerprint density at radius 3 is 2.89 bits per heavy atom. The molecule has 0 spiro atoms. The first kappa shape index (κ1) is 12.3. The van der Waals surface area contributed by atoms with Gasteiger partial charge in [0.05, 0.1) is 11.6 Å². The van der Waals surface area contributed by atoms with Crippen LogP contribution in [0.15, 0.2) is 27.4 Å². The summed E-state index contributed by atoms with van der Waals surface area (Å²) < 4.78 is 5.03. The lowest BCUT2D eigenvalue weighted by Crippen LogP contribution is -2.23. The Morgan fingerprint density at radius 2 is 2.11 bits per heavy atom. The number of hydrogen-bond donors (Lipinski definition) is 3. The van der Waals surface area contributed by atoms with Crippen LogP contribution in [0.3, 0.4) is 0 Å². The van der Waals surface area contributed by atoms with E-state index in [0.717, 1.165) is 43.4 Å². The Morgan fingerprint density at radius 1 is 1.32 bits per heavy atom. The van der Waals surface area contributed by atoms with Crippen molar-refractivity contribution in [2.75, 3.05) is 11.9 Å². The molecule has 102 valence electrons. The van der Waals surface area contributed by atoms with Crippen LogP contribution in [0, 0.1) is 5.92 Å². The summed E-state index contributed by atoms with van der Waals surface area (Å²) in [6, 6.07) is 5.61. The number of oxazole rings is 1. The Kier molecular flexibility index (Phi) is 3.29. The maximum Gasteiger partial charge on any atom is 0.417 e. The number of aliphatic hydroxyl groups excluding tert-OH is 1. The van der Waals surface area contributed by atoms with Crippen molar-refractivity contribution < 1.29 is 9.52 Å². The Labute approximate surface area is 110 Å². The summed E-state index contributed by atoms with van der Waals surface area (Å²) in [5, 5.41) is 12.8. The van der Waals surface area contributed by atoms with E-state index in [0.29, 0.717) is 11.5 Å². The summed E-state index contributed by atoms with van der Waals surface area (Å²) in [6.45, 7) is 0.896. The highest BCUT2D eigenvalue weighted by Gasteiger charge is 2.18. The molecule has 0 bridgehead atoms. The molecule has 1 aliphatic carbocycles. The largest absolute Gasteiger partial charge is 0.417 e. The molecule has 2 aromatic rings. The molecule has 1 aromatic heterocycles. The van der Waals surface area contributed by atoms with Gasteiger partial charge < -0.3 is 14.8 Å². The molecule has 1 saturated carbocycles. The average molecular weight is 262 g/mol. The van der Waals surface area contributed by atoms with Gasteiger partial charge in [0.15, 0.2) is 5.58 Å². The Bertz CT molecular complexity index is 608. The number of aromatic nitrogens is 1. The molecule has 1 aromatic carbocycles. The second-order valence-electron chi connectivity index (χ2n) is 5.28. The molecular formula is C14H18N2O3. The molecular weight excluding hydrogens is 244 g/mol. The third-order valence-electron chi connectivity index (χ3n) is 3.83. The molecule has 0 aliphatic heterocycles. The molecule has 0 radical (unpaired) electrons. The summed E-state index contributed by atoms with van der Waals surface area (Å²) in [4.78, 5) is 13.7. The second-order valence-corrected chi connectivity index (χ2v) is 5.28. The van der Waals surface area contributed by atoms with Gasteiger partial charge in [0.25, 0.3) is 0 Å². The van der Waals surface area contributed by atoms with Crippen molar-refractivity contribution in [1.29, 1.82) is 0 Å². The van der Waals surface area contributed by atoms with Gasteiger partial charge in [0, 0.05) is 18.3 Å². The highest BCUT2D eigenvalue weighted by Crippen LogP contribution is 2.25. The fourth-order valence-corrected chi connectivity index (χ4v) is 2.67. The van der Waals surface area contributed by atoms with Crippen molar-refractivity contribution >= 4 is 16.8 Å². The van der Waals surface area contributed by atoms with Gasteiger partial charge in [0.1, 0.15) is 0 Å². The minimum absolute atomic E-state index is 0.110. The van der Waals surface area contributed by atoms with E-state index in [9.17, 15) is 9.90 Å². The number of benzene rings is 1. The maximum atomic E-state index is 11.1. The molecule has 1 heterocycles. The number of nitrogens with one attached hydrogen (secondary N) is 2. The Hall–Kier alpha value is -1.75. The molecule has 0 saturated heterocycles. The highest BCUT2D eigenvalue weighted by atomic mass is 16.4. The Balaban J connectivity index is 1.63. The third kappa shape index (κ3) is 2.81. The van der Waals surface area contributed by atoms with Gasteiger partial charge in [-0.3, -0.25) is 4.98 Å². The monoisotopic (exact) mass is 262 g/mol. The zero-order chi connectivity index (χ0) is 13.2. The van der Waals surface area contributed by atoms with Gasteiger partial charge in [-0.15, -0.1) is 0 Å². The first-order chi connectivity index (χ1) is 9.20. The van der Waals surface area contributed by atoms with Crippen molar-refractivity contribution in [2.45, 2.75) is 31.8 Å². The summed E-state index contributed by atoms with van der Waals surface area (Å²) in [7, 11) is 0. The maximum absolute atomic E-state index is 11.1. The van der Waals surface area contributed by atoms with Crippen molar-refractivity contribution in [3.63, 3.8) is 0 Å². The molecule has 19 heavy (non-hydrogen) atoms. The molecule has 0 unspecified atom stereocenters. The highest BCUT2D eigenvalue weighted by molar-refractivity contribution is 5.76. The normalized spacial score (nSPS) is 23.6. The predicted octanol–water partition coefficient (Wildman–Crippen LogP) is 2.08. The van der Waals surface area contributed by atoms with Gasteiger partial charge in [0.2, 0.25) is 0 Å². The average Bonchev–Trinajstić information content (AvgIpc) is 2.77. The summed E-state index contributed by atoms with van der Waals surface area (Å²) in [5.41, 5.74) is 2.26. The van der Waals surface area contributed by atoms with E-state index in [4.69, 9.17) is 4.42 Å². The number of anilines is 1. The van der Waals surface area contributed by atoms with Crippen LogP contribution in [0.25, 0.3) is 11.1 Å². The molecule has 0 amide bonds. The zero-order valence-corrected chi connectivity index (χ0v) is 10.7. The molecule has 3 N–H and O–H groups in total. The quantitative estimate of drug-likeness (QED) is 0.791. The zero-order valence-electron chi connectivity index (χ0n) is 10.7. The molecule has 5 heteroatoms. The van der Waals surface area contributed by atoms with Crippen LogP contribution in [-0.2, 0) is 0 Å². The third-order valence-corrected chi connectivity index (χ3v) is 3.83. The molecule has 0 atom stereocenters. The molecule has 1 aliphatic rings. The van der Waals surface area contributed by atoms with E-state index in [-0.39, 0.29) is 6.10 Å². The number of aliphatic hydroxyl groups is 1. The number of aromatic amines is 1. The van der Waals surface area contributed by atoms with Crippen LogP contribution in [-0.4, -0.2) is 22.7 Å². The number of hydrogen-bond acceptors (Lipinski definition) is 4. The van der Waals surface area contributed by atoms with Crippen LogP contribution in [0.1, 0.15) is 25.7 Å². The lowest BCUT2D eigenvalue weighted by atomic mass is 9.87. The van der Waals surface area contributed by atoms with E-state index in [1.54, 1.807) is 0 Å². The van der Waals surface area contributed by atoms with Crippen LogP contribution >= 0.6 is 0 Å². The number of fused-ring (bicyclic) bond motifs is 1. The topological polar surface area (TPSA) is 78.3 Å². The standard InChI is InChI=1S/C14H18N2O3/c17-11-4-1-9(2-5-11)8-15-10-3-6-12-13(7-10)19-14(18)16-12/h3,6-7,9,11,15,17H,1-2,4-5,8H2,(H,16,18). The summed E-state index contributed by atoms with van der Waals surface area (Å²) >= 11 is 0. The minimum atomic E-state index is -0.423. The number of H-pyrrole nitrogens is 1. The lowest BCUT2D eigenvalue weighted by molar-refractivity contribution is 0.111. The fraction of sp³-hybridized carbons (Fsp3) is 0.500. The van der Waals surface area contributed by atoms with E-state index < -0.39 is 5.76 Å². The fourth-order valence-electron chi connectivity index (χ4n) is 2.67. The summed E-state index contributed by atoms with van der Waals surface area (Å²) in [6.07, 6.45) is 3.82. The predicted molar refractivity (Wildman–Crippen MR) is 73.3 cm³/mol. The van der Waals surface area contributed by atoms with Crippen LogP contribution < -0.4 is 11.1 Å². The van der Waals surface area contributed by atoms with Crippen molar-refractivity contribution in [3.8, 4) is 0 Å². The van der Waals surface area contributed by atoms with Crippen molar-refractivity contribution in [3.05, 3.63) is 28.7 Å². The molecule has 1 fully saturated rings. The smallest absolute Gasteiger partial charge is 0.408 e. The first-order valence-corrected chi connectivity index (χ1v) is 6.75. The van der Waals surface area contributed by atoms with E-state index in [2.05, 4.69) is 10.3 Å². The van der Waals surface area contributed by atoms with Crippen LogP contribution in [0.5, 0.6) is 0 Å². The van der Waals surface area contributed by atoms with Crippen molar-refractivity contribution in [2.24, 2.45) is 5.92 Å². The number of rotatable bonds is 3. The van der Waals surface area contributed by atoms with Gasteiger partial charge >= 0.3 is 5.76 Å². The van der Waals surface area contributed by atoms with Gasteiger partial charge in [-0.05, 0) is 43.7 Å². The van der Waals surface area contributed by atoms with Crippen LogP contribution in [0.4, 0.5) is 5.69 Å². The SMILES string of the molecule is O=c1[nH]c2ccc(NCC3CCC(O)CC3)cc2o1. The van der Waals surface area contributed by atoms with Crippen LogP contribution in [0.2, 0.25) is 0 Å². The lowest BCUT2D eigenvalue weighted by Gasteiger charge is -2.25. The minimum Gasteiger partial charge on any atom is -0.408 e. The molecule has 3 rings (SSSR count).